The zero-order valence-electron chi connectivity index (χ0n) is 11.2. The summed E-state index contributed by atoms with van der Waals surface area (Å²) in [4.78, 5) is 11.1. The van der Waals surface area contributed by atoms with Gasteiger partial charge in [0.1, 0.15) is 5.82 Å². The number of benzene rings is 1. The van der Waals surface area contributed by atoms with Crippen LogP contribution in [-0.2, 0) is 9.53 Å². The number of hydrogen-bond donors (Lipinski definition) is 1. The third kappa shape index (κ3) is 5.57. The molecule has 0 aliphatic heterocycles. The molecular weight excluding hydrogens is 269 g/mol. The zero-order chi connectivity index (χ0) is 14.3. The molecule has 0 aliphatic rings. The highest BCUT2D eigenvalue weighted by Gasteiger charge is 2.10. The average molecular weight is 288 g/mol. The van der Waals surface area contributed by atoms with Crippen LogP contribution in [0.5, 0.6) is 0 Å². The molecular formula is C14H19ClFNO2. The lowest BCUT2D eigenvalue weighted by Gasteiger charge is -2.15. The number of halogens is 2. The monoisotopic (exact) mass is 287 g/mol. The van der Waals surface area contributed by atoms with E-state index >= 15 is 0 Å². The molecule has 19 heavy (non-hydrogen) atoms. The lowest BCUT2D eigenvalue weighted by Crippen LogP contribution is -2.21. The second kappa shape index (κ2) is 8.12. The van der Waals surface area contributed by atoms with Gasteiger partial charge in [-0.05, 0) is 44.5 Å². The number of rotatable bonds is 7. The molecule has 0 heterocycles. The maximum Gasteiger partial charge on any atom is 0.305 e. The highest BCUT2D eigenvalue weighted by molar-refractivity contribution is 6.31. The number of nitrogens with one attached hydrogen (secondary N) is 1. The molecule has 1 atom stereocenters. The van der Waals surface area contributed by atoms with Crippen molar-refractivity contribution in [1.29, 1.82) is 0 Å². The van der Waals surface area contributed by atoms with E-state index in [0.29, 0.717) is 31.0 Å². The van der Waals surface area contributed by atoms with Crippen LogP contribution in [-0.4, -0.2) is 19.1 Å². The predicted octanol–water partition coefficient (Wildman–Crippen LogP) is 3.47. The Kier molecular flexibility index (Phi) is 6.81. The Morgan fingerprint density at radius 3 is 2.89 bits per heavy atom. The van der Waals surface area contributed by atoms with Crippen LogP contribution in [0.1, 0.15) is 38.3 Å². The average Bonchev–Trinajstić information content (AvgIpc) is 2.34. The molecule has 1 N–H and O–H groups in total. The van der Waals surface area contributed by atoms with Crippen molar-refractivity contribution in [2.45, 2.75) is 32.7 Å². The molecule has 0 aliphatic carbocycles. The standard InChI is InChI=1S/C14H19ClFNO2/c1-3-19-14(18)5-4-8-17-10(2)12-7-6-11(16)9-13(12)15/h6-7,9-10,17H,3-5,8H2,1-2H3. The molecule has 0 saturated heterocycles. The molecule has 0 bridgehead atoms. The first-order chi connectivity index (χ1) is 9.04. The molecule has 0 fully saturated rings. The minimum Gasteiger partial charge on any atom is -0.466 e. The lowest BCUT2D eigenvalue weighted by atomic mass is 10.1. The normalized spacial score (nSPS) is 12.2. The fourth-order valence-electron chi connectivity index (χ4n) is 1.75. The van der Waals surface area contributed by atoms with E-state index in [4.69, 9.17) is 16.3 Å². The van der Waals surface area contributed by atoms with Crippen molar-refractivity contribution < 1.29 is 13.9 Å². The Morgan fingerprint density at radius 2 is 2.26 bits per heavy atom. The molecule has 0 saturated carbocycles. The molecule has 0 spiro atoms. The maximum atomic E-state index is 12.9. The van der Waals surface area contributed by atoms with Crippen molar-refractivity contribution in [2.75, 3.05) is 13.2 Å². The molecule has 0 amide bonds. The van der Waals surface area contributed by atoms with Crippen LogP contribution in [0, 0.1) is 5.82 Å². The maximum absolute atomic E-state index is 12.9. The Bertz CT molecular complexity index is 426. The van der Waals surface area contributed by atoms with Gasteiger partial charge in [0.25, 0.3) is 0 Å². The van der Waals surface area contributed by atoms with Crippen LogP contribution < -0.4 is 5.32 Å². The summed E-state index contributed by atoms with van der Waals surface area (Å²) in [5.41, 5.74) is 0.846. The van der Waals surface area contributed by atoms with Crippen molar-refractivity contribution in [3.8, 4) is 0 Å². The van der Waals surface area contributed by atoms with E-state index in [1.54, 1.807) is 13.0 Å². The van der Waals surface area contributed by atoms with Gasteiger partial charge in [-0.3, -0.25) is 4.79 Å². The molecule has 3 nitrogen and oxygen atoms in total. The fraction of sp³-hybridized carbons (Fsp3) is 0.500. The zero-order valence-corrected chi connectivity index (χ0v) is 12.0. The SMILES string of the molecule is CCOC(=O)CCCNC(C)c1ccc(F)cc1Cl. The van der Waals surface area contributed by atoms with Gasteiger partial charge in [-0.15, -0.1) is 0 Å². The van der Waals surface area contributed by atoms with Crippen LogP contribution in [0.25, 0.3) is 0 Å². The van der Waals surface area contributed by atoms with E-state index in [-0.39, 0.29) is 17.8 Å². The van der Waals surface area contributed by atoms with Gasteiger partial charge in [-0.2, -0.15) is 0 Å². The van der Waals surface area contributed by atoms with E-state index in [1.165, 1.54) is 12.1 Å². The van der Waals surface area contributed by atoms with Crippen molar-refractivity contribution in [1.82, 2.24) is 5.32 Å². The number of hydrogen-bond acceptors (Lipinski definition) is 3. The number of ether oxygens (including phenoxy) is 1. The molecule has 1 unspecified atom stereocenters. The van der Waals surface area contributed by atoms with Crippen LogP contribution in [0.3, 0.4) is 0 Å². The first kappa shape index (κ1) is 15.9. The summed E-state index contributed by atoms with van der Waals surface area (Å²) in [5.74, 6) is -0.528. The smallest absolute Gasteiger partial charge is 0.305 e. The van der Waals surface area contributed by atoms with Gasteiger partial charge in [-0.25, -0.2) is 4.39 Å². The molecule has 1 aromatic rings. The largest absolute Gasteiger partial charge is 0.466 e. The lowest BCUT2D eigenvalue weighted by molar-refractivity contribution is -0.143. The molecule has 106 valence electrons. The van der Waals surface area contributed by atoms with Crippen LogP contribution in [0.2, 0.25) is 5.02 Å². The summed E-state index contributed by atoms with van der Waals surface area (Å²) < 4.78 is 17.8. The van der Waals surface area contributed by atoms with Crippen molar-refractivity contribution in [3.05, 3.63) is 34.6 Å². The topological polar surface area (TPSA) is 38.3 Å². The van der Waals surface area contributed by atoms with Crippen LogP contribution in [0.4, 0.5) is 4.39 Å². The summed E-state index contributed by atoms with van der Waals surface area (Å²) in [5, 5.41) is 3.65. The molecule has 0 radical (unpaired) electrons. The van der Waals surface area contributed by atoms with Crippen molar-refractivity contribution in [2.24, 2.45) is 0 Å². The van der Waals surface area contributed by atoms with Gasteiger partial charge in [-0.1, -0.05) is 17.7 Å². The van der Waals surface area contributed by atoms with E-state index in [2.05, 4.69) is 5.32 Å². The van der Waals surface area contributed by atoms with Crippen LogP contribution >= 0.6 is 11.6 Å². The first-order valence-electron chi connectivity index (χ1n) is 6.38. The third-order valence-corrected chi connectivity index (χ3v) is 3.07. The Labute approximate surface area is 118 Å². The summed E-state index contributed by atoms with van der Waals surface area (Å²) >= 11 is 5.97. The van der Waals surface area contributed by atoms with Gasteiger partial charge in [0.05, 0.1) is 6.61 Å². The third-order valence-electron chi connectivity index (χ3n) is 2.74. The Balaban J connectivity index is 2.35. The highest BCUT2D eigenvalue weighted by Crippen LogP contribution is 2.23. The van der Waals surface area contributed by atoms with Crippen molar-refractivity contribution in [3.63, 3.8) is 0 Å². The summed E-state index contributed by atoms with van der Waals surface area (Å²) in [6, 6.07) is 4.36. The minimum atomic E-state index is -0.344. The molecule has 5 heteroatoms. The molecule has 1 rings (SSSR count). The summed E-state index contributed by atoms with van der Waals surface area (Å²) in [7, 11) is 0. The molecule has 1 aromatic carbocycles. The fourth-order valence-corrected chi connectivity index (χ4v) is 2.08. The number of carbonyl (C=O) groups is 1. The predicted molar refractivity (Wildman–Crippen MR) is 73.7 cm³/mol. The Morgan fingerprint density at radius 1 is 1.53 bits per heavy atom. The minimum absolute atomic E-state index is 0.00953. The van der Waals surface area contributed by atoms with Gasteiger partial charge >= 0.3 is 5.97 Å². The van der Waals surface area contributed by atoms with Crippen LogP contribution in [0.15, 0.2) is 18.2 Å². The highest BCUT2D eigenvalue weighted by atomic mass is 35.5. The number of carbonyl (C=O) groups excluding carboxylic acids is 1. The van der Waals surface area contributed by atoms with E-state index in [0.717, 1.165) is 5.56 Å². The second-order valence-electron chi connectivity index (χ2n) is 4.25. The van der Waals surface area contributed by atoms with Gasteiger partial charge < -0.3 is 10.1 Å². The first-order valence-corrected chi connectivity index (χ1v) is 6.76. The summed E-state index contributed by atoms with van der Waals surface area (Å²) in [6.45, 7) is 4.82. The Hall–Kier alpha value is -1.13. The van der Waals surface area contributed by atoms with E-state index in [9.17, 15) is 9.18 Å². The van der Waals surface area contributed by atoms with Gasteiger partial charge in [0.2, 0.25) is 0 Å². The van der Waals surface area contributed by atoms with Crippen molar-refractivity contribution >= 4 is 17.6 Å². The number of esters is 1. The second-order valence-corrected chi connectivity index (χ2v) is 4.66. The van der Waals surface area contributed by atoms with E-state index in [1.807, 2.05) is 6.92 Å². The summed E-state index contributed by atoms with van der Waals surface area (Å²) in [6.07, 6.45) is 1.09. The van der Waals surface area contributed by atoms with E-state index < -0.39 is 0 Å². The van der Waals surface area contributed by atoms with Gasteiger partial charge in [0.15, 0.2) is 0 Å². The molecule has 0 aromatic heterocycles. The quantitative estimate of drug-likeness (QED) is 0.616. The van der Waals surface area contributed by atoms with Gasteiger partial charge in [0, 0.05) is 17.5 Å².